The van der Waals surface area contributed by atoms with Crippen LogP contribution in [-0.2, 0) is 0 Å². The molecule has 0 aliphatic carbocycles. The molecule has 1 aromatic carbocycles. The maximum atomic E-state index is 6.53. The van der Waals surface area contributed by atoms with Crippen LogP contribution in [0, 0.1) is 6.92 Å². The zero-order valence-electron chi connectivity index (χ0n) is 21.5. The van der Waals surface area contributed by atoms with Gasteiger partial charge in [-0.25, -0.2) is 0 Å². The molecule has 186 valence electrons. The number of allylic oxidation sites excluding steroid dienone is 3. The maximum Gasteiger partial charge on any atom is 0.109 e. The fourth-order valence-corrected chi connectivity index (χ4v) is 9.15. The number of hydrogen-bond acceptors (Lipinski definition) is 6. The normalized spacial score (nSPS) is 29.5. The number of aryl methyl sites for hydroxylation is 1. The van der Waals surface area contributed by atoms with Crippen molar-refractivity contribution in [1.29, 1.82) is 0 Å². The number of nitrogens with two attached hydrogens (primary N) is 1. The second kappa shape index (κ2) is 10.1. The fourth-order valence-electron chi connectivity index (χ4n) is 6.24. The minimum absolute atomic E-state index is 0.163. The van der Waals surface area contributed by atoms with Crippen LogP contribution >= 0.6 is 7.92 Å². The van der Waals surface area contributed by atoms with Crippen molar-refractivity contribution in [3.05, 3.63) is 46.5 Å². The highest BCUT2D eigenvalue weighted by molar-refractivity contribution is 7.63. The minimum atomic E-state index is -0.212. The number of rotatable bonds is 4. The van der Waals surface area contributed by atoms with E-state index in [0.717, 1.165) is 31.2 Å². The lowest BCUT2D eigenvalue weighted by Crippen LogP contribution is -2.52. The maximum absolute atomic E-state index is 6.53. The van der Waals surface area contributed by atoms with E-state index in [1.54, 1.807) is 0 Å². The van der Waals surface area contributed by atoms with Crippen LogP contribution in [0.5, 0.6) is 0 Å². The van der Waals surface area contributed by atoms with Crippen molar-refractivity contribution in [2.75, 3.05) is 62.7 Å². The first kappa shape index (κ1) is 24.0. The first-order valence-corrected chi connectivity index (χ1v) is 14.7. The Kier molecular flexibility index (Phi) is 7.11. The van der Waals surface area contributed by atoms with E-state index in [4.69, 9.17) is 5.73 Å². The highest BCUT2D eigenvalue weighted by atomic mass is 31.1. The number of piperazine rings is 1. The van der Waals surface area contributed by atoms with Gasteiger partial charge in [0.05, 0.1) is 5.66 Å². The Morgan fingerprint density at radius 3 is 2.47 bits per heavy atom. The van der Waals surface area contributed by atoms with Crippen LogP contribution in [0.25, 0.3) is 0 Å². The highest BCUT2D eigenvalue weighted by Gasteiger charge is 2.38. The topological polar surface area (TPSA) is 59.8 Å². The molecule has 0 aromatic heterocycles. The number of anilines is 2. The zero-order valence-corrected chi connectivity index (χ0v) is 22.4. The number of hydrogen-bond donors (Lipinski definition) is 3. The summed E-state index contributed by atoms with van der Waals surface area (Å²) in [5.74, 6) is 0. The van der Waals surface area contributed by atoms with Gasteiger partial charge in [0.15, 0.2) is 0 Å². The lowest BCUT2D eigenvalue weighted by Gasteiger charge is -2.44. The summed E-state index contributed by atoms with van der Waals surface area (Å²) < 4.78 is 0. The van der Waals surface area contributed by atoms with Crippen molar-refractivity contribution in [2.45, 2.75) is 57.9 Å². The molecule has 3 unspecified atom stereocenters. The smallest absolute Gasteiger partial charge is 0.109 e. The lowest BCUT2D eigenvalue weighted by atomic mass is 10.0. The quantitative estimate of drug-likeness (QED) is 0.566. The number of benzene rings is 1. The molecule has 5 rings (SSSR count). The fraction of sp³-hybridized carbons (Fsp3) is 0.630. The van der Waals surface area contributed by atoms with E-state index in [9.17, 15) is 0 Å². The largest absolute Gasteiger partial charge is 0.402 e. The van der Waals surface area contributed by atoms with Gasteiger partial charge in [-0.15, -0.1) is 0 Å². The Labute approximate surface area is 207 Å². The Hall–Kier alpha value is -1.75. The van der Waals surface area contributed by atoms with Crippen molar-refractivity contribution < 1.29 is 0 Å². The molecule has 2 fully saturated rings. The SMILES string of the molecule is CC1=C(C)P2CCC=C(N)C2C(Nc2ccc(N3CCC(N4CCN(C)CC4)CC3)c(C)c2)N1. The van der Waals surface area contributed by atoms with E-state index >= 15 is 0 Å². The van der Waals surface area contributed by atoms with Crippen molar-refractivity contribution in [3.8, 4) is 0 Å². The summed E-state index contributed by atoms with van der Waals surface area (Å²) in [7, 11) is 2.03. The Balaban J connectivity index is 1.23. The van der Waals surface area contributed by atoms with Crippen LogP contribution in [-0.4, -0.2) is 80.1 Å². The summed E-state index contributed by atoms with van der Waals surface area (Å²) in [6.45, 7) is 14.0. The third-order valence-corrected chi connectivity index (χ3v) is 11.7. The predicted octanol–water partition coefficient (Wildman–Crippen LogP) is 3.90. The molecule has 4 aliphatic heterocycles. The minimum Gasteiger partial charge on any atom is -0.402 e. The summed E-state index contributed by atoms with van der Waals surface area (Å²) in [6, 6.07) is 7.68. The predicted molar refractivity (Wildman–Crippen MR) is 147 cm³/mol. The van der Waals surface area contributed by atoms with E-state index in [-0.39, 0.29) is 14.1 Å². The van der Waals surface area contributed by atoms with Gasteiger partial charge in [-0.1, -0.05) is 14.0 Å². The lowest BCUT2D eigenvalue weighted by molar-refractivity contribution is 0.0982. The number of nitrogens with zero attached hydrogens (tertiary/aromatic N) is 3. The number of fused-ring (bicyclic) bond motifs is 1. The van der Waals surface area contributed by atoms with Crippen LogP contribution in [0.2, 0.25) is 0 Å². The van der Waals surface area contributed by atoms with E-state index in [0.29, 0.717) is 5.66 Å². The van der Waals surface area contributed by atoms with E-state index < -0.39 is 0 Å². The van der Waals surface area contributed by atoms with Crippen LogP contribution < -0.4 is 21.3 Å². The summed E-state index contributed by atoms with van der Waals surface area (Å²) in [6.07, 6.45) is 7.33. The summed E-state index contributed by atoms with van der Waals surface area (Å²) in [4.78, 5) is 7.78. The number of likely N-dealkylation sites (N-methyl/N-ethyl adjacent to an activating group) is 1. The summed E-state index contributed by atoms with van der Waals surface area (Å²) in [5, 5.41) is 9.06. The second-order valence-electron chi connectivity index (χ2n) is 10.7. The van der Waals surface area contributed by atoms with Gasteiger partial charge in [0, 0.05) is 68.1 Å². The van der Waals surface area contributed by atoms with Crippen LogP contribution in [0.3, 0.4) is 0 Å². The molecule has 3 atom stereocenters. The van der Waals surface area contributed by atoms with Crippen LogP contribution in [0.4, 0.5) is 11.4 Å². The molecule has 0 amide bonds. The molecule has 34 heavy (non-hydrogen) atoms. The van der Waals surface area contributed by atoms with Gasteiger partial charge in [0.1, 0.15) is 6.17 Å². The average molecular weight is 483 g/mol. The van der Waals surface area contributed by atoms with Gasteiger partial charge < -0.3 is 26.2 Å². The van der Waals surface area contributed by atoms with Gasteiger partial charge in [-0.3, -0.25) is 4.90 Å². The third-order valence-electron chi connectivity index (χ3n) is 8.47. The summed E-state index contributed by atoms with van der Waals surface area (Å²) >= 11 is 0. The molecule has 6 nitrogen and oxygen atoms in total. The highest BCUT2D eigenvalue weighted by Crippen LogP contribution is 2.57. The average Bonchev–Trinajstić information content (AvgIpc) is 2.83. The molecule has 0 radical (unpaired) electrons. The molecule has 0 saturated carbocycles. The monoisotopic (exact) mass is 482 g/mol. The van der Waals surface area contributed by atoms with Crippen molar-refractivity contribution in [2.24, 2.45) is 5.73 Å². The molecular weight excluding hydrogens is 439 g/mol. The second-order valence-corrected chi connectivity index (χ2v) is 13.3. The van der Waals surface area contributed by atoms with E-state index in [1.165, 1.54) is 73.1 Å². The molecule has 7 heteroatoms. The van der Waals surface area contributed by atoms with Gasteiger partial charge in [-0.05, 0) is 82.3 Å². The molecule has 0 bridgehead atoms. The van der Waals surface area contributed by atoms with Crippen molar-refractivity contribution in [1.82, 2.24) is 15.1 Å². The van der Waals surface area contributed by atoms with E-state index in [2.05, 4.69) is 77.4 Å². The zero-order chi connectivity index (χ0) is 23.8. The van der Waals surface area contributed by atoms with Crippen molar-refractivity contribution >= 4 is 19.3 Å². The molecule has 2 saturated heterocycles. The third kappa shape index (κ3) is 4.82. The van der Waals surface area contributed by atoms with Gasteiger partial charge >= 0.3 is 0 Å². The number of piperidine rings is 1. The molecule has 4 aliphatic rings. The Bertz CT molecular complexity index is 942. The van der Waals surface area contributed by atoms with Crippen LogP contribution in [0.1, 0.15) is 38.7 Å². The number of nitrogens with one attached hydrogen (secondary N) is 2. The standard InChI is InChI=1S/C27H43N6P/c1-19-18-22(30-27-26-24(28)6-5-17-34(26)21(3)20(2)29-27)7-8-25(19)33-11-9-23(10-12-33)32-15-13-31(4)14-16-32/h6-8,18,23,26-27,29-30H,5,9-17,28H2,1-4H3. The van der Waals surface area contributed by atoms with Gasteiger partial charge in [0.2, 0.25) is 0 Å². The summed E-state index contributed by atoms with van der Waals surface area (Å²) in [5.41, 5.74) is 13.2. The first-order valence-electron chi connectivity index (χ1n) is 13.1. The molecule has 4 heterocycles. The molecule has 4 N–H and O–H groups in total. The van der Waals surface area contributed by atoms with Crippen molar-refractivity contribution in [3.63, 3.8) is 0 Å². The van der Waals surface area contributed by atoms with Gasteiger partial charge in [-0.2, -0.15) is 0 Å². The van der Waals surface area contributed by atoms with Gasteiger partial charge in [0.25, 0.3) is 0 Å². The molecule has 1 aromatic rings. The first-order chi connectivity index (χ1) is 16.4. The van der Waals surface area contributed by atoms with Crippen LogP contribution in [0.15, 0.2) is 41.0 Å². The molecule has 0 spiro atoms. The Morgan fingerprint density at radius 1 is 1.03 bits per heavy atom. The van der Waals surface area contributed by atoms with E-state index in [1.807, 2.05) is 0 Å². The Morgan fingerprint density at radius 2 is 1.76 bits per heavy atom. The molecular formula is C27H43N6P.